The summed E-state index contributed by atoms with van der Waals surface area (Å²) < 4.78 is 2.24. The number of para-hydroxylation sites is 1. The molecule has 1 N–H and O–H groups in total. The monoisotopic (exact) mass is 214 g/mol. The van der Waals surface area contributed by atoms with E-state index in [2.05, 4.69) is 22.8 Å². The van der Waals surface area contributed by atoms with Crippen molar-refractivity contribution in [1.29, 1.82) is 0 Å². The van der Waals surface area contributed by atoms with Crippen molar-refractivity contribution in [2.45, 2.75) is 19.3 Å². The fourth-order valence-electron chi connectivity index (χ4n) is 2.87. The lowest BCUT2D eigenvalue weighted by Crippen LogP contribution is -1.96. The fourth-order valence-corrected chi connectivity index (χ4v) is 2.87. The zero-order valence-electron chi connectivity index (χ0n) is 9.27. The number of aryl methyl sites for hydroxylation is 2. The summed E-state index contributed by atoms with van der Waals surface area (Å²) in [5, 5.41) is 13.1. The summed E-state index contributed by atoms with van der Waals surface area (Å²) >= 11 is 0. The van der Waals surface area contributed by atoms with E-state index in [-0.39, 0.29) is 0 Å². The van der Waals surface area contributed by atoms with Crippen LogP contribution in [-0.2, 0) is 19.9 Å². The third-order valence-electron chi connectivity index (χ3n) is 3.52. The maximum absolute atomic E-state index is 8.68. The number of oxime groups is 1. The molecule has 1 aliphatic carbocycles. The van der Waals surface area contributed by atoms with Gasteiger partial charge in [0.2, 0.25) is 0 Å². The smallest absolute Gasteiger partial charge is 0.0754 e. The van der Waals surface area contributed by atoms with Crippen molar-refractivity contribution in [3.05, 3.63) is 35.0 Å². The molecule has 0 unspecified atom stereocenters. The molecule has 0 radical (unpaired) electrons. The highest BCUT2D eigenvalue weighted by Crippen LogP contribution is 2.33. The molecule has 0 saturated carbocycles. The minimum Gasteiger partial charge on any atom is -0.411 e. The van der Waals surface area contributed by atoms with E-state index in [0.717, 1.165) is 12.0 Å². The van der Waals surface area contributed by atoms with Gasteiger partial charge in [-0.25, -0.2) is 0 Å². The van der Waals surface area contributed by atoms with Crippen LogP contribution in [0.4, 0.5) is 0 Å². The van der Waals surface area contributed by atoms with Crippen LogP contribution >= 0.6 is 0 Å². The Balaban J connectivity index is 2.41. The van der Waals surface area contributed by atoms with Gasteiger partial charge in [-0.1, -0.05) is 23.4 Å². The number of fused-ring (bicyclic) bond motifs is 3. The molecule has 0 fully saturated rings. The van der Waals surface area contributed by atoms with E-state index >= 15 is 0 Å². The van der Waals surface area contributed by atoms with Crippen LogP contribution in [0.15, 0.2) is 23.4 Å². The number of benzene rings is 1. The molecule has 16 heavy (non-hydrogen) atoms. The third kappa shape index (κ3) is 1.11. The molecule has 0 aliphatic heterocycles. The molecule has 3 heteroatoms. The van der Waals surface area contributed by atoms with Gasteiger partial charge in [-0.05, 0) is 24.8 Å². The average Bonchev–Trinajstić information content (AvgIpc) is 2.84. The molecule has 0 spiro atoms. The average molecular weight is 214 g/mol. The molecule has 0 saturated heterocycles. The van der Waals surface area contributed by atoms with E-state index in [0.29, 0.717) is 0 Å². The van der Waals surface area contributed by atoms with Crippen molar-refractivity contribution >= 4 is 17.1 Å². The summed E-state index contributed by atoms with van der Waals surface area (Å²) in [5.74, 6) is 0. The van der Waals surface area contributed by atoms with Gasteiger partial charge in [-0.3, -0.25) is 0 Å². The summed E-state index contributed by atoms with van der Waals surface area (Å²) in [5.41, 5.74) is 5.08. The number of nitrogens with zero attached hydrogens (tertiary/aromatic N) is 2. The molecule has 0 amide bonds. The summed E-state index contributed by atoms with van der Waals surface area (Å²) in [6.07, 6.45) is 5.10. The molecule has 1 aromatic carbocycles. The topological polar surface area (TPSA) is 37.5 Å². The van der Waals surface area contributed by atoms with Crippen molar-refractivity contribution < 1.29 is 5.21 Å². The first-order chi connectivity index (χ1) is 7.83. The molecule has 0 atom stereocenters. The van der Waals surface area contributed by atoms with E-state index in [1.54, 1.807) is 0 Å². The SMILES string of the molecule is Cn1c2c(c3cccc(/C=N/O)c31)CCC2. The number of hydrogen-bond acceptors (Lipinski definition) is 2. The summed E-state index contributed by atoms with van der Waals surface area (Å²) in [4.78, 5) is 0. The second-order valence-corrected chi connectivity index (χ2v) is 4.33. The van der Waals surface area contributed by atoms with E-state index in [1.165, 1.54) is 41.2 Å². The highest BCUT2D eigenvalue weighted by Gasteiger charge is 2.20. The normalized spacial score (nSPS) is 15.1. The molecule has 3 nitrogen and oxygen atoms in total. The van der Waals surface area contributed by atoms with Crippen LogP contribution in [0.1, 0.15) is 23.2 Å². The number of hydrogen-bond donors (Lipinski definition) is 1. The van der Waals surface area contributed by atoms with Crippen LogP contribution < -0.4 is 0 Å². The van der Waals surface area contributed by atoms with Crippen LogP contribution in [-0.4, -0.2) is 16.0 Å². The van der Waals surface area contributed by atoms with Gasteiger partial charge in [0.05, 0.1) is 11.7 Å². The Morgan fingerprint density at radius 1 is 1.38 bits per heavy atom. The molecule has 2 aromatic rings. The summed E-state index contributed by atoms with van der Waals surface area (Å²) in [7, 11) is 2.10. The van der Waals surface area contributed by atoms with Crippen LogP contribution in [0.3, 0.4) is 0 Å². The first-order valence-electron chi connectivity index (χ1n) is 5.59. The fraction of sp³-hybridized carbons (Fsp3) is 0.308. The third-order valence-corrected chi connectivity index (χ3v) is 3.52. The summed E-state index contributed by atoms with van der Waals surface area (Å²) in [6.45, 7) is 0. The van der Waals surface area contributed by atoms with Crippen LogP contribution in [0.5, 0.6) is 0 Å². The minimum atomic E-state index is 0.983. The molecular formula is C13H14N2O. The van der Waals surface area contributed by atoms with E-state index < -0.39 is 0 Å². The van der Waals surface area contributed by atoms with E-state index in [1.807, 2.05) is 12.1 Å². The van der Waals surface area contributed by atoms with Gasteiger partial charge in [0.15, 0.2) is 0 Å². The molecule has 82 valence electrons. The lowest BCUT2D eigenvalue weighted by molar-refractivity contribution is 0.322. The largest absolute Gasteiger partial charge is 0.411 e. The lowest BCUT2D eigenvalue weighted by atomic mass is 10.1. The van der Waals surface area contributed by atoms with Gasteiger partial charge >= 0.3 is 0 Å². The first-order valence-corrected chi connectivity index (χ1v) is 5.59. The zero-order chi connectivity index (χ0) is 11.1. The maximum Gasteiger partial charge on any atom is 0.0754 e. The second-order valence-electron chi connectivity index (χ2n) is 4.33. The van der Waals surface area contributed by atoms with E-state index in [4.69, 9.17) is 5.21 Å². The van der Waals surface area contributed by atoms with Gasteiger partial charge in [0.25, 0.3) is 0 Å². The maximum atomic E-state index is 8.68. The van der Waals surface area contributed by atoms with Crippen molar-refractivity contribution in [1.82, 2.24) is 4.57 Å². The van der Waals surface area contributed by atoms with Gasteiger partial charge in [0, 0.05) is 23.7 Å². The van der Waals surface area contributed by atoms with Crippen molar-refractivity contribution in [2.24, 2.45) is 12.2 Å². The van der Waals surface area contributed by atoms with Crippen LogP contribution in [0.25, 0.3) is 10.9 Å². The quantitative estimate of drug-likeness (QED) is 0.442. The number of rotatable bonds is 1. The van der Waals surface area contributed by atoms with Crippen molar-refractivity contribution in [3.8, 4) is 0 Å². The van der Waals surface area contributed by atoms with Crippen LogP contribution in [0.2, 0.25) is 0 Å². The predicted molar refractivity (Wildman–Crippen MR) is 64.3 cm³/mol. The Kier molecular flexibility index (Phi) is 1.99. The standard InChI is InChI=1S/C13H14N2O/c1-15-12-7-3-5-10(12)11-6-2-4-9(8-14-16)13(11)15/h2,4,6,8,16H,3,5,7H2,1H3/b14-8+. The lowest BCUT2D eigenvalue weighted by Gasteiger charge is -2.03. The Hall–Kier alpha value is -1.77. The first kappa shape index (κ1) is 9.46. The molecule has 1 aromatic heterocycles. The molecule has 1 aliphatic rings. The second kappa shape index (κ2) is 3.37. The minimum absolute atomic E-state index is 0.983. The Morgan fingerprint density at radius 2 is 2.25 bits per heavy atom. The van der Waals surface area contributed by atoms with Crippen LogP contribution in [0, 0.1) is 0 Å². The highest BCUT2D eigenvalue weighted by atomic mass is 16.4. The Bertz CT molecular complexity index is 581. The molecular weight excluding hydrogens is 200 g/mol. The zero-order valence-corrected chi connectivity index (χ0v) is 9.27. The van der Waals surface area contributed by atoms with Crippen molar-refractivity contribution in [3.63, 3.8) is 0 Å². The van der Waals surface area contributed by atoms with Gasteiger partial charge < -0.3 is 9.77 Å². The number of aromatic nitrogens is 1. The molecule has 1 heterocycles. The van der Waals surface area contributed by atoms with Gasteiger partial charge in [-0.2, -0.15) is 0 Å². The highest BCUT2D eigenvalue weighted by molar-refractivity contribution is 6.00. The Labute approximate surface area is 94.0 Å². The van der Waals surface area contributed by atoms with Crippen molar-refractivity contribution in [2.75, 3.05) is 0 Å². The Morgan fingerprint density at radius 3 is 3.06 bits per heavy atom. The molecule has 0 bridgehead atoms. The van der Waals surface area contributed by atoms with E-state index in [9.17, 15) is 0 Å². The summed E-state index contributed by atoms with van der Waals surface area (Å²) in [6, 6.07) is 6.17. The molecule has 3 rings (SSSR count). The predicted octanol–water partition coefficient (Wildman–Crippen LogP) is 2.48. The van der Waals surface area contributed by atoms with Gasteiger partial charge in [-0.15, -0.1) is 0 Å². The van der Waals surface area contributed by atoms with Gasteiger partial charge in [0.1, 0.15) is 0 Å².